The summed E-state index contributed by atoms with van der Waals surface area (Å²) in [5.74, 6) is -0.470. The van der Waals surface area contributed by atoms with Gasteiger partial charge in [0.1, 0.15) is 0 Å². The van der Waals surface area contributed by atoms with Gasteiger partial charge < -0.3 is 10.1 Å². The summed E-state index contributed by atoms with van der Waals surface area (Å²) >= 11 is 0. The van der Waals surface area contributed by atoms with Gasteiger partial charge in [0.25, 0.3) is 0 Å². The van der Waals surface area contributed by atoms with E-state index in [9.17, 15) is 9.59 Å². The lowest BCUT2D eigenvalue weighted by molar-refractivity contribution is -0.143. The van der Waals surface area contributed by atoms with Gasteiger partial charge in [-0.25, -0.2) is 0 Å². The number of carbonyl (C=O) groups is 2. The summed E-state index contributed by atoms with van der Waals surface area (Å²) in [5.41, 5.74) is 0. The number of hydrogen-bond donors (Lipinski definition) is 1. The van der Waals surface area contributed by atoms with Crippen LogP contribution in [0.3, 0.4) is 0 Å². The molecule has 1 N–H and O–H groups in total. The Morgan fingerprint density at radius 3 is 2.63 bits per heavy atom. The molecule has 6 heteroatoms. The maximum absolute atomic E-state index is 11.7. The Bertz CT molecular complexity index is 346. The maximum atomic E-state index is 11.7. The highest BCUT2D eigenvalue weighted by Crippen LogP contribution is 2.23. The molecule has 0 aromatic heterocycles. The number of nitriles is 1. The lowest BCUT2D eigenvalue weighted by atomic mass is 10.2. The quantitative estimate of drug-likeness (QED) is 0.534. The van der Waals surface area contributed by atoms with Crippen LogP contribution in [0.15, 0.2) is 0 Å². The van der Waals surface area contributed by atoms with Gasteiger partial charge in [0.05, 0.1) is 32.7 Å². The number of methoxy groups -OCH3 is 1. The Hall–Kier alpha value is -1.61. The monoisotopic (exact) mass is 267 g/mol. The summed E-state index contributed by atoms with van der Waals surface area (Å²) in [7, 11) is 1.35. The van der Waals surface area contributed by atoms with Crippen LogP contribution in [-0.2, 0) is 14.3 Å². The number of amides is 1. The fourth-order valence-corrected chi connectivity index (χ4v) is 2.31. The fourth-order valence-electron chi connectivity index (χ4n) is 2.31. The number of ether oxygens (including phenoxy) is 1. The van der Waals surface area contributed by atoms with Crippen molar-refractivity contribution in [2.75, 3.05) is 26.7 Å². The average Bonchev–Trinajstić information content (AvgIpc) is 2.92. The number of carbonyl (C=O) groups excluding carboxylic acids is 2. The first-order chi connectivity index (χ1) is 9.17. The lowest BCUT2D eigenvalue weighted by Crippen LogP contribution is -2.44. The summed E-state index contributed by atoms with van der Waals surface area (Å²) in [6.07, 6.45) is 4.61. The maximum Gasteiger partial charge on any atom is 0.319 e. The number of hydrogen-bond acceptors (Lipinski definition) is 5. The third-order valence-electron chi connectivity index (χ3n) is 3.31. The lowest BCUT2D eigenvalue weighted by Gasteiger charge is -2.26. The molecule has 0 atom stereocenters. The Morgan fingerprint density at radius 1 is 1.37 bits per heavy atom. The summed E-state index contributed by atoms with van der Waals surface area (Å²) in [6.45, 7) is 0.685. The number of rotatable bonds is 7. The molecule has 0 saturated heterocycles. The van der Waals surface area contributed by atoms with Crippen LogP contribution >= 0.6 is 0 Å². The minimum absolute atomic E-state index is 0.146. The normalized spacial score (nSPS) is 15.2. The van der Waals surface area contributed by atoms with Crippen LogP contribution in [0.5, 0.6) is 0 Å². The molecule has 1 aliphatic carbocycles. The third-order valence-corrected chi connectivity index (χ3v) is 3.31. The molecule has 1 aliphatic rings. The van der Waals surface area contributed by atoms with Gasteiger partial charge in [0, 0.05) is 12.6 Å². The first kappa shape index (κ1) is 15.4. The van der Waals surface area contributed by atoms with Gasteiger partial charge in [0.2, 0.25) is 5.91 Å². The second-order valence-electron chi connectivity index (χ2n) is 4.68. The molecule has 0 radical (unpaired) electrons. The average molecular weight is 267 g/mol. The minimum Gasteiger partial charge on any atom is -0.468 e. The van der Waals surface area contributed by atoms with Crippen LogP contribution in [0.25, 0.3) is 0 Å². The molecule has 0 aromatic carbocycles. The zero-order valence-electron chi connectivity index (χ0n) is 11.4. The molecule has 1 rings (SSSR count). The summed E-state index contributed by atoms with van der Waals surface area (Å²) < 4.78 is 4.67. The number of nitrogens with zero attached hydrogens (tertiary/aromatic N) is 2. The molecule has 0 aliphatic heterocycles. The van der Waals surface area contributed by atoms with E-state index in [1.165, 1.54) is 7.11 Å². The van der Waals surface area contributed by atoms with Gasteiger partial charge in [-0.05, 0) is 12.8 Å². The summed E-state index contributed by atoms with van der Waals surface area (Å²) in [5, 5.41) is 11.1. The van der Waals surface area contributed by atoms with E-state index in [0.717, 1.165) is 25.7 Å². The van der Waals surface area contributed by atoms with Crippen molar-refractivity contribution in [1.82, 2.24) is 10.2 Å². The predicted molar refractivity (Wildman–Crippen MR) is 69.1 cm³/mol. The minimum atomic E-state index is -0.322. The molecule has 0 unspecified atom stereocenters. The summed E-state index contributed by atoms with van der Waals surface area (Å²) in [4.78, 5) is 25.0. The van der Waals surface area contributed by atoms with Crippen LogP contribution in [0.4, 0.5) is 0 Å². The fraction of sp³-hybridized carbons (Fsp3) is 0.769. The SMILES string of the molecule is COC(=O)CN(CC(=O)NCCC#N)C1CCCC1. The van der Waals surface area contributed by atoms with E-state index in [1.54, 1.807) is 0 Å². The Labute approximate surface area is 113 Å². The van der Waals surface area contributed by atoms with Crippen LogP contribution < -0.4 is 5.32 Å². The van der Waals surface area contributed by atoms with E-state index in [2.05, 4.69) is 10.1 Å². The van der Waals surface area contributed by atoms with Gasteiger partial charge in [-0.15, -0.1) is 0 Å². The van der Waals surface area contributed by atoms with Crippen LogP contribution in [0.2, 0.25) is 0 Å². The van der Waals surface area contributed by atoms with E-state index >= 15 is 0 Å². The molecule has 0 bridgehead atoms. The Kier molecular flexibility index (Phi) is 6.90. The van der Waals surface area contributed by atoms with Gasteiger partial charge in [-0.3, -0.25) is 14.5 Å². The smallest absolute Gasteiger partial charge is 0.319 e. The predicted octanol–water partition coefficient (Wildman–Crippen LogP) is 0.434. The highest BCUT2D eigenvalue weighted by atomic mass is 16.5. The third kappa shape index (κ3) is 5.71. The van der Waals surface area contributed by atoms with E-state index in [0.29, 0.717) is 13.0 Å². The highest BCUT2D eigenvalue weighted by Gasteiger charge is 2.26. The Balaban J connectivity index is 2.46. The van der Waals surface area contributed by atoms with Crippen molar-refractivity contribution in [2.45, 2.75) is 38.1 Å². The van der Waals surface area contributed by atoms with Gasteiger partial charge in [-0.1, -0.05) is 12.8 Å². The van der Waals surface area contributed by atoms with Crippen molar-refractivity contribution < 1.29 is 14.3 Å². The van der Waals surface area contributed by atoms with Crippen molar-refractivity contribution in [3.63, 3.8) is 0 Å². The molecule has 0 heterocycles. The van der Waals surface area contributed by atoms with E-state index in [-0.39, 0.29) is 31.0 Å². The molecule has 106 valence electrons. The first-order valence-electron chi connectivity index (χ1n) is 6.62. The summed E-state index contributed by atoms with van der Waals surface area (Å²) in [6, 6.07) is 2.25. The van der Waals surface area contributed by atoms with Crippen molar-refractivity contribution in [3.05, 3.63) is 0 Å². The zero-order chi connectivity index (χ0) is 14.1. The molecular formula is C13H21N3O3. The second-order valence-corrected chi connectivity index (χ2v) is 4.68. The second kappa shape index (κ2) is 8.48. The largest absolute Gasteiger partial charge is 0.468 e. The molecule has 1 amide bonds. The standard InChI is InChI=1S/C13H21N3O3/c1-19-13(18)10-16(11-5-2-3-6-11)9-12(17)15-8-4-7-14/h11H,2-6,8-10H2,1H3,(H,15,17). The highest BCUT2D eigenvalue weighted by molar-refractivity contribution is 5.79. The molecule has 19 heavy (non-hydrogen) atoms. The zero-order valence-corrected chi connectivity index (χ0v) is 11.4. The molecule has 6 nitrogen and oxygen atoms in total. The van der Waals surface area contributed by atoms with Crippen LogP contribution in [0, 0.1) is 11.3 Å². The van der Waals surface area contributed by atoms with Crippen LogP contribution in [0.1, 0.15) is 32.1 Å². The van der Waals surface area contributed by atoms with E-state index < -0.39 is 0 Å². The van der Waals surface area contributed by atoms with Crippen LogP contribution in [-0.4, -0.2) is 49.6 Å². The molecular weight excluding hydrogens is 246 g/mol. The van der Waals surface area contributed by atoms with Gasteiger partial charge in [0.15, 0.2) is 0 Å². The Morgan fingerprint density at radius 2 is 2.05 bits per heavy atom. The topological polar surface area (TPSA) is 82.4 Å². The molecule has 0 aromatic rings. The van der Waals surface area contributed by atoms with Crippen molar-refractivity contribution in [3.8, 4) is 6.07 Å². The van der Waals surface area contributed by atoms with Crippen molar-refractivity contribution in [2.24, 2.45) is 0 Å². The van der Waals surface area contributed by atoms with Gasteiger partial charge >= 0.3 is 5.97 Å². The first-order valence-corrected chi connectivity index (χ1v) is 6.62. The van der Waals surface area contributed by atoms with Crippen molar-refractivity contribution in [1.29, 1.82) is 5.26 Å². The number of nitrogens with one attached hydrogen (secondary N) is 1. The molecule has 1 saturated carbocycles. The molecule has 1 fully saturated rings. The molecule has 0 spiro atoms. The number of esters is 1. The van der Waals surface area contributed by atoms with E-state index in [4.69, 9.17) is 5.26 Å². The van der Waals surface area contributed by atoms with E-state index in [1.807, 2.05) is 11.0 Å². The van der Waals surface area contributed by atoms with Gasteiger partial charge in [-0.2, -0.15) is 5.26 Å². The van der Waals surface area contributed by atoms with Crippen molar-refractivity contribution >= 4 is 11.9 Å².